The highest BCUT2D eigenvalue weighted by Gasteiger charge is 2.80. The summed E-state index contributed by atoms with van der Waals surface area (Å²) in [4.78, 5) is 22.9. The fourth-order valence-corrected chi connectivity index (χ4v) is 4.65. The molecule has 0 aromatic heterocycles. The van der Waals surface area contributed by atoms with Crippen LogP contribution in [0.25, 0.3) is 0 Å². The summed E-state index contributed by atoms with van der Waals surface area (Å²) >= 11 is 0. The standard InChI is InChI=1S/C17H17F3N2O3/c18-17(19,20)14(25)22-16(8-11(16)9-4-2-1-3-5-9)15-7-10(15)6-12(21-15)13(23)24/h1-5,10-12,21H,6-8H2,(H,22,25)(H,23,24)/t10-,11+,12-,15-,16-/m0/s1. The Balaban J connectivity index is 1.65. The molecule has 0 bridgehead atoms. The molecule has 5 nitrogen and oxygen atoms in total. The van der Waals surface area contributed by atoms with Crippen LogP contribution in [0.5, 0.6) is 0 Å². The minimum Gasteiger partial charge on any atom is -0.480 e. The third-order valence-corrected chi connectivity index (χ3v) is 5.91. The van der Waals surface area contributed by atoms with E-state index in [-0.39, 0.29) is 11.8 Å². The van der Waals surface area contributed by atoms with Gasteiger partial charge >= 0.3 is 18.1 Å². The molecule has 1 amide bonds. The predicted octanol–water partition coefficient (Wildman–Crippen LogP) is 1.80. The second-order valence-corrected chi connectivity index (χ2v) is 7.23. The van der Waals surface area contributed by atoms with Gasteiger partial charge in [-0.05, 0) is 30.7 Å². The van der Waals surface area contributed by atoms with E-state index in [1.807, 2.05) is 18.2 Å². The molecular weight excluding hydrogens is 337 g/mol. The number of aliphatic carboxylic acids is 1. The Morgan fingerprint density at radius 2 is 1.88 bits per heavy atom. The zero-order chi connectivity index (χ0) is 18.0. The molecule has 0 spiro atoms. The molecule has 2 aliphatic carbocycles. The van der Waals surface area contributed by atoms with Crippen molar-refractivity contribution in [1.82, 2.24) is 10.6 Å². The summed E-state index contributed by atoms with van der Waals surface area (Å²) in [5.74, 6) is -3.27. The van der Waals surface area contributed by atoms with Gasteiger partial charge in [-0.1, -0.05) is 30.3 Å². The third kappa shape index (κ3) is 2.34. The molecule has 8 heteroatoms. The largest absolute Gasteiger partial charge is 0.480 e. The normalized spacial score (nSPS) is 38.8. The van der Waals surface area contributed by atoms with Crippen molar-refractivity contribution < 1.29 is 27.9 Å². The van der Waals surface area contributed by atoms with Crippen molar-refractivity contribution in [3.8, 4) is 0 Å². The number of halogens is 3. The summed E-state index contributed by atoms with van der Waals surface area (Å²) in [5, 5.41) is 14.5. The second-order valence-electron chi connectivity index (χ2n) is 7.23. The maximum absolute atomic E-state index is 12.8. The van der Waals surface area contributed by atoms with Crippen molar-refractivity contribution in [3.63, 3.8) is 0 Å². The molecule has 134 valence electrons. The number of carboxylic acids is 1. The molecule has 25 heavy (non-hydrogen) atoms. The van der Waals surface area contributed by atoms with Crippen molar-refractivity contribution in [3.05, 3.63) is 35.9 Å². The Morgan fingerprint density at radius 3 is 2.44 bits per heavy atom. The number of carboxylic acid groups (broad SMARTS) is 1. The molecule has 3 fully saturated rings. The van der Waals surface area contributed by atoms with Crippen molar-refractivity contribution in [1.29, 1.82) is 0 Å². The molecule has 3 aliphatic rings. The zero-order valence-corrected chi connectivity index (χ0v) is 13.1. The summed E-state index contributed by atoms with van der Waals surface area (Å²) < 4.78 is 38.5. The van der Waals surface area contributed by atoms with Crippen LogP contribution >= 0.6 is 0 Å². The Bertz CT molecular complexity index is 738. The number of carbonyl (C=O) groups is 2. The summed E-state index contributed by atoms with van der Waals surface area (Å²) in [5.41, 5.74) is -1.00. The number of alkyl halides is 3. The van der Waals surface area contributed by atoms with E-state index >= 15 is 0 Å². The van der Waals surface area contributed by atoms with E-state index in [4.69, 9.17) is 0 Å². The lowest BCUT2D eigenvalue weighted by atomic mass is 9.95. The fourth-order valence-electron chi connectivity index (χ4n) is 4.65. The topological polar surface area (TPSA) is 78.4 Å². The van der Waals surface area contributed by atoms with Crippen LogP contribution in [0.15, 0.2) is 30.3 Å². The lowest BCUT2D eigenvalue weighted by Gasteiger charge is -2.30. The Hall–Kier alpha value is -2.09. The lowest BCUT2D eigenvalue weighted by molar-refractivity contribution is -0.175. The lowest BCUT2D eigenvalue weighted by Crippen LogP contribution is -2.59. The SMILES string of the molecule is O=C(O)[C@@H]1C[C@H]2C[C@]2([C@]2(NC(=O)C(F)(F)F)C[C@@H]2c2ccccc2)N1. The van der Waals surface area contributed by atoms with Gasteiger partial charge in [0, 0.05) is 11.5 Å². The quantitative estimate of drug-likeness (QED) is 0.770. The molecule has 1 aliphatic heterocycles. The molecule has 3 N–H and O–H groups in total. The summed E-state index contributed by atoms with van der Waals surface area (Å²) in [6.45, 7) is 0. The summed E-state index contributed by atoms with van der Waals surface area (Å²) in [6.07, 6.45) is -3.64. The van der Waals surface area contributed by atoms with Crippen LogP contribution in [0.4, 0.5) is 13.2 Å². The smallest absolute Gasteiger partial charge is 0.471 e. The van der Waals surface area contributed by atoms with Crippen molar-refractivity contribution >= 4 is 11.9 Å². The fraction of sp³-hybridized carbons (Fsp3) is 0.529. The van der Waals surface area contributed by atoms with Crippen molar-refractivity contribution in [2.75, 3.05) is 0 Å². The summed E-state index contributed by atoms with van der Waals surface area (Å²) in [7, 11) is 0. The van der Waals surface area contributed by atoms with E-state index in [0.717, 1.165) is 5.56 Å². The van der Waals surface area contributed by atoms with E-state index in [2.05, 4.69) is 10.6 Å². The molecule has 1 aromatic rings. The molecular formula is C17H17F3N2O3. The van der Waals surface area contributed by atoms with Gasteiger partial charge in [0.25, 0.3) is 0 Å². The van der Waals surface area contributed by atoms with Gasteiger partial charge in [-0.3, -0.25) is 14.9 Å². The van der Waals surface area contributed by atoms with E-state index < -0.39 is 35.2 Å². The highest BCUT2D eigenvalue weighted by molar-refractivity contribution is 5.84. The third-order valence-electron chi connectivity index (χ3n) is 5.91. The predicted molar refractivity (Wildman–Crippen MR) is 80.7 cm³/mol. The van der Waals surface area contributed by atoms with Gasteiger partial charge in [0.2, 0.25) is 0 Å². The van der Waals surface area contributed by atoms with Crippen LogP contribution in [-0.4, -0.2) is 40.3 Å². The van der Waals surface area contributed by atoms with E-state index in [9.17, 15) is 27.9 Å². The van der Waals surface area contributed by atoms with Crippen LogP contribution in [0.3, 0.4) is 0 Å². The Kier molecular flexibility index (Phi) is 3.26. The average Bonchev–Trinajstić information content (AvgIpc) is 3.43. The number of piperidine rings is 1. The van der Waals surface area contributed by atoms with Gasteiger partial charge in [-0.2, -0.15) is 13.2 Å². The molecule has 1 heterocycles. The minimum atomic E-state index is -4.97. The van der Waals surface area contributed by atoms with Crippen molar-refractivity contribution in [2.24, 2.45) is 5.92 Å². The monoisotopic (exact) mass is 354 g/mol. The highest BCUT2D eigenvalue weighted by atomic mass is 19.4. The number of fused-ring (bicyclic) bond motifs is 1. The van der Waals surface area contributed by atoms with Crippen LogP contribution in [-0.2, 0) is 9.59 Å². The first kappa shape index (κ1) is 16.4. The van der Waals surface area contributed by atoms with Crippen molar-refractivity contribution in [2.45, 2.75) is 48.5 Å². The first-order valence-corrected chi connectivity index (χ1v) is 8.14. The highest BCUT2D eigenvalue weighted by Crippen LogP contribution is 2.70. The molecule has 0 unspecified atom stereocenters. The molecule has 0 radical (unpaired) electrons. The van der Waals surface area contributed by atoms with Gasteiger partial charge in [-0.15, -0.1) is 0 Å². The number of nitrogens with one attached hydrogen (secondary N) is 2. The zero-order valence-electron chi connectivity index (χ0n) is 13.1. The molecule has 1 saturated heterocycles. The number of carbonyl (C=O) groups excluding carboxylic acids is 1. The van der Waals surface area contributed by atoms with Gasteiger partial charge in [0.1, 0.15) is 6.04 Å². The number of amides is 1. The van der Waals surface area contributed by atoms with Crippen LogP contribution in [0.2, 0.25) is 0 Å². The molecule has 4 rings (SSSR count). The minimum absolute atomic E-state index is 0.0316. The van der Waals surface area contributed by atoms with E-state index in [0.29, 0.717) is 19.3 Å². The maximum Gasteiger partial charge on any atom is 0.471 e. The Labute approximate surface area is 141 Å². The Morgan fingerprint density at radius 1 is 1.20 bits per heavy atom. The number of hydrogen-bond acceptors (Lipinski definition) is 3. The number of benzene rings is 1. The van der Waals surface area contributed by atoms with E-state index in [1.165, 1.54) is 0 Å². The molecule has 2 saturated carbocycles. The van der Waals surface area contributed by atoms with Crippen LogP contribution < -0.4 is 10.6 Å². The van der Waals surface area contributed by atoms with Gasteiger partial charge < -0.3 is 10.4 Å². The van der Waals surface area contributed by atoms with Gasteiger partial charge in [0.05, 0.1) is 5.54 Å². The average molecular weight is 354 g/mol. The second kappa shape index (κ2) is 4.97. The maximum atomic E-state index is 12.8. The van der Waals surface area contributed by atoms with Gasteiger partial charge in [0.15, 0.2) is 0 Å². The number of hydrogen-bond donors (Lipinski definition) is 3. The van der Waals surface area contributed by atoms with Crippen LogP contribution in [0, 0.1) is 5.92 Å². The van der Waals surface area contributed by atoms with Gasteiger partial charge in [-0.25, -0.2) is 0 Å². The first-order valence-electron chi connectivity index (χ1n) is 8.14. The number of rotatable bonds is 4. The molecule has 1 aromatic carbocycles. The summed E-state index contributed by atoms with van der Waals surface area (Å²) in [6, 6.07) is 8.28. The molecule has 5 atom stereocenters. The first-order chi connectivity index (χ1) is 11.7. The van der Waals surface area contributed by atoms with E-state index in [1.54, 1.807) is 12.1 Å². The van der Waals surface area contributed by atoms with Crippen LogP contribution in [0.1, 0.15) is 30.7 Å².